The number of pyridine rings is 6. The molecule has 15 heteroatoms. The first-order valence-corrected chi connectivity index (χ1v) is 35.0. The SMILES string of the molecule is CCCCCN(CCCCC)S(=O)(=O)c1ccc(-c2ccnc3c2ccc2c(-c4ccc(SOOOC)cc4)ccnc23)cc1.[Ru].c1ccc(-c2ccnc3c2ccc2c(-c4ccccc4)ccnc23)cc1.c1ccc(-c2ccnc3c2ccc2c(-c4ccccc4)ccnc23)cc1. The number of sulfonamides is 1. The monoisotopic (exact) mass is 1410 g/mol. The van der Waals surface area contributed by atoms with Gasteiger partial charge < -0.3 is 0 Å². The third-order valence-electron chi connectivity index (χ3n) is 17.4. The first-order chi connectivity index (χ1) is 47.8. The van der Waals surface area contributed by atoms with Gasteiger partial charge >= 0.3 is 0 Å². The summed E-state index contributed by atoms with van der Waals surface area (Å²) >= 11 is 1.06. The molecule has 0 spiro atoms. The third kappa shape index (κ3) is 15.0. The van der Waals surface area contributed by atoms with Crippen LogP contribution in [-0.2, 0) is 43.8 Å². The van der Waals surface area contributed by atoms with Gasteiger partial charge in [-0.05, 0) is 140 Å². The normalized spacial score (nSPS) is 11.4. The van der Waals surface area contributed by atoms with Gasteiger partial charge in [0, 0.05) is 107 Å². The molecule has 0 bridgehead atoms. The Bertz CT molecular complexity index is 4900. The average molecular weight is 1410 g/mol. The van der Waals surface area contributed by atoms with Gasteiger partial charge in [-0.25, -0.2) is 13.3 Å². The number of benzene rings is 9. The predicted molar refractivity (Wildman–Crippen MR) is 397 cm³/mol. The molecule has 0 fully saturated rings. The molecule has 488 valence electrons. The Labute approximate surface area is 588 Å². The molecule has 6 heterocycles. The summed E-state index contributed by atoms with van der Waals surface area (Å²) in [5.74, 6) is 0. The van der Waals surface area contributed by atoms with Crippen LogP contribution in [0.1, 0.15) is 52.4 Å². The zero-order valence-corrected chi connectivity index (χ0v) is 57.9. The number of rotatable bonds is 20. The maximum absolute atomic E-state index is 13.6. The summed E-state index contributed by atoms with van der Waals surface area (Å²) in [6, 6.07) is 82.0. The Morgan fingerprint density at radius 2 is 0.602 bits per heavy atom. The van der Waals surface area contributed by atoms with Gasteiger partial charge in [0.05, 0.1) is 57.1 Å². The summed E-state index contributed by atoms with van der Waals surface area (Å²) < 4.78 is 33.8. The van der Waals surface area contributed by atoms with E-state index in [1.807, 2.05) is 97.6 Å². The van der Waals surface area contributed by atoms with Gasteiger partial charge in [-0.15, -0.1) is 4.33 Å². The average Bonchev–Trinajstić information content (AvgIpc) is 0.771. The predicted octanol–water partition coefficient (Wildman–Crippen LogP) is 21.2. The van der Waals surface area contributed by atoms with Crippen molar-refractivity contribution in [1.82, 2.24) is 34.2 Å². The molecule has 0 saturated carbocycles. The van der Waals surface area contributed by atoms with Crippen molar-refractivity contribution < 1.29 is 42.2 Å². The van der Waals surface area contributed by atoms with Crippen molar-refractivity contribution in [2.24, 2.45) is 0 Å². The summed E-state index contributed by atoms with van der Waals surface area (Å²) in [5.41, 5.74) is 18.9. The van der Waals surface area contributed by atoms with E-state index in [1.165, 1.54) is 51.6 Å². The van der Waals surface area contributed by atoms with E-state index in [0.29, 0.717) is 18.0 Å². The summed E-state index contributed by atoms with van der Waals surface area (Å²) in [7, 11) is -2.20. The van der Waals surface area contributed by atoms with Crippen LogP contribution in [0.25, 0.3) is 132 Å². The second kappa shape index (κ2) is 32.5. The van der Waals surface area contributed by atoms with Crippen LogP contribution in [0.3, 0.4) is 0 Å². The number of nitrogens with zero attached hydrogens (tertiary/aromatic N) is 7. The molecule has 0 aliphatic heterocycles. The standard InChI is InChI=1S/C35H39N3O5S2.2C24H16N2.Ru/c1-4-6-8-24-38(25-9-7-5-2)45(39,40)29-16-12-27(13-17-29)31-21-23-37-35-33(31)19-18-32-30(20-22-36-34(32)35)26-10-14-28(15-11-26)44-43-42-41-3;2*1-3-7-17(8-4-1)19-13-15-25-23-21(19)11-12-22-20(14-16-26-24(22)23)18-9-5-2-6-10-18;/h10-23H,4-9,24-25H2,1-3H3;2*1-16H;. The molecular weight excluding hydrogens is 1340 g/mol. The van der Waals surface area contributed by atoms with E-state index in [2.05, 4.69) is 201 Å². The number of unbranched alkanes of at least 4 members (excludes halogenated alkanes) is 4. The molecule has 0 unspecified atom stereocenters. The minimum Gasteiger partial charge on any atom is -0.254 e. The fourth-order valence-electron chi connectivity index (χ4n) is 12.6. The zero-order chi connectivity index (χ0) is 66.3. The molecule has 6 aromatic heterocycles. The molecule has 0 saturated heterocycles. The molecule has 0 atom stereocenters. The number of hydrogen-bond acceptors (Lipinski definition) is 12. The van der Waals surface area contributed by atoms with E-state index in [-0.39, 0.29) is 19.5 Å². The first kappa shape index (κ1) is 68.2. The van der Waals surface area contributed by atoms with Crippen LogP contribution in [0.5, 0.6) is 0 Å². The van der Waals surface area contributed by atoms with Crippen LogP contribution in [0.15, 0.2) is 290 Å². The van der Waals surface area contributed by atoms with E-state index in [1.54, 1.807) is 28.8 Å². The third-order valence-corrected chi connectivity index (χ3v) is 19.9. The molecule has 0 aliphatic rings. The van der Waals surface area contributed by atoms with Gasteiger partial charge in [-0.2, -0.15) is 4.31 Å². The van der Waals surface area contributed by atoms with Crippen LogP contribution >= 0.6 is 12.0 Å². The van der Waals surface area contributed by atoms with Crippen LogP contribution in [-0.4, -0.2) is 62.8 Å². The number of hydrogen-bond donors (Lipinski definition) is 0. The Balaban J connectivity index is 0.000000147. The van der Waals surface area contributed by atoms with Crippen molar-refractivity contribution >= 4 is 87.5 Å². The molecule has 12 nitrogen and oxygen atoms in total. The smallest absolute Gasteiger partial charge is 0.243 e. The maximum Gasteiger partial charge on any atom is 0.243 e. The summed E-state index contributed by atoms with van der Waals surface area (Å²) in [6.45, 7) is 5.37. The van der Waals surface area contributed by atoms with Gasteiger partial charge in [0.1, 0.15) is 0 Å². The Hall–Kier alpha value is -9.80. The fourth-order valence-corrected chi connectivity index (χ4v) is 14.5. The van der Waals surface area contributed by atoms with Crippen LogP contribution in [0, 0.1) is 0 Å². The van der Waals surface area contributed by atoms with Crippen molar-refractivity contribution in [3.8, 4) is 66.8 Å². The van der Waals surface area contributed by atoms with E-state index >= 15 is 0 Å². The maximum atomic E-state index is 13.6. The minimum atomic E-state index is -3.58. The summed E-state index contributed by atoms with van der Waals surface area (Å²) in [5, 5.41) is 10.9. The van der Waals surface area contributed by atoms with Crippen molar-refractivity contribution in [3.05, 3.63) is 280 Å². The topological polar surface area (TPSA) is 142 Å². The van der Waals surface area contributed by atoms with E-state index in [9.17, 15) is 8.42 Å². The largest absolute Gasteiger partial charge is 0.254 e. The quantitative estimate of drug-likeness (QED) is 0.0179. The van der Waals surface area contributed by atoms with E-state index < -0.39 is 10.0 Å². The molecule has 0 aliphatic carbocycles. The van der Waals surface area contributed by atoms with Crippen molar-refractivity contribution in [2.75, 3.05) is 20.2 Å². The van der Waals surface area contributed by atoms with Crippen LogP contribution in [0.2, 0.25) is 0 Å². The molecule has 15 rings (SSSR count). The molecule has 0 N–H and O–H groups in total. The second-order valence-corrected chi connectivity index (χ2v) is 26.2. The summed E-state index contributed by atoms with van der Waals surface area (Å²) in [6.07, 6.45) is 17.0. The van der Waals surface area contributed by atoms with Crippen molar-refractivity contribution in [2.45, 2.75) is 62.2 Å². The first-order valence-electron chi connectivity index (χ1n) is 32.8. The number of fused-ring (bicyclic) bond motifs is 9. The van der Waals surface area contributed by atoms with Crippen LogP contribution < -0.4 is 0 Å². The van der Waals surface area contributed by atoms with Crippen LogP contribution in [0.4, 0.5) is 0 Å². The van der Waals surface area contributed by atoms with Gasteiger partial charge in [-0.3, -0.25) is 29.9 Å². The molecule has 9 aromatic carbocycles. The Kier molecular flexibility index (Phi) is 22.6. The van der Waals surface area contributed by atoms with Gasteiger partial charge in [0.15, 0.2) is 0 Å². The molecule has 98 heavy (non-hydrogen) atoms. The molecule has 0 radical (unpaired) electrons. The number of aromatic nitrogens is 6. The van der Waals surface area contributed by atoms with Gasteiger partial charge in [0.2, 0.25) is 10.0 Å². The Morgan fingerprint density at radius 1 is 0.337 bits per heavy atom. The van der Waals surface area contributed by atoms with E-state index in [0.717, 1.165) is 143 Å². The minimum absolute atomic E-state index is 0. The molecular formula is C83H71N7O5RuS2. The summed E-state index contributed by atoms with van der Waals surface area (Å²) in [4.78, 5) is 33.8. The van der Waals surface area contributed by atoms with E-state index in [4.69, 9.17) is 14.3 Å². The van der Waals surface area contributed by atoms with Gasteiger partial charge in [-0.1, -0.05) is 227 Å². The van der Waals surface area contributed by atoms with Crippen molar-refractivity contribution in [3.63, 3.8) is 0 Å². The zero-order valence-electron chi connectivity index (χ0n) is 54.6. The fraction of sp³-hybridized carbons (Fsp3) is 0.133. The second-order valence-electron chi connectivity index (χ2n) is 23.4. The molecule has 0 amide bonds. The van der Waals surface area contributed by atoms with Crippen molar-refractivity contribution in [1.29, 1.82) is 0 Å². The van der Waals surface area contributed by atoms with Gasteiger partial charge in [0.25, 0.3) is 0 Å². The Morgan fingerprint density at radius 3 is 0.867 bits per heavy atom. The molecule has 15 aromatic rings.